The monoisotopic (exact) mass is 305 g/mol. The summed E-state index contributed by atoms with van der Waals surface area (Å²) in [6.07, 6.45) is 0.350. The topological polar surface area (TPSA) is 76.3 Å². The van der Waals surface area contributed by atoms with Crippen LogP contribution in [0.4, 0.5) is 0 Å². The SMILES string of the molecule is C[C@H](c1nc2ccccc2s1)N(C)C(=O)[C@@H]1C[C@H]1[N+](=O)[O-]. The number of fused-ring (bicyclic) bond motifs is 1. The van der Waals surface area contributed by atoms with Gasteiger partial charge in [-0.3, -0.25) is 14.9 Å². The van der Waals surface area contributed by atoms with Crippen LogP contribution in [0.3, 0.4) is 0 Å². The Morgan fingerprint density at radius 3 is 2.86 bits per heavy atom. The van der Waals surface area contributed by atoms with Crippen LogP contribution in [-0.2, 0) is 4.79 Å². The highest BCUT2D eigenvalue weighted by atomic mass is 32.1. The first-order valence-corrected chi connectivity index (χ1v) is 7.56. The van der Waals surface area contributed by atoms with Crippen molar-refractivity contribution in [3.8, 4) is 0 Å². The summed E-state index contributed by atoms with van der Waals surface area (Å²) < 4.78 is 1.08. The molecule has 1 amide bonds. The number of benzene rings is 1. The van der Waals surface area contributed by atoms with Gasteiger partial charge >= 0.3 is 0 Å². The van der Waals surface area contributed by atoms with E-state index in [0.29, 0.717) is 6.42 Å². The number of hydrogen-bond donors (Lipinski definition) is 0. The minimum atomic E-state index is -0.706. The van der Waals surface area contributed by atoms with Gasteiger partial charge < -0.3 is 4.90 Å². The fourth-order valence-electron chi connectivity index (χ4n) is 2.37. The zero-order valence-corrected chi connectivity index (χ0v) is 12.5. The lowest BCUT2D eigenvalue weighted by molar-refractivity contribution is -0.497. The molecule has 0 N–H and O–H groups in total. The highest BCUT2D eigenvalue weighted by Crippen LogP contribution is 2.37. The zero-order chi connectivity index (χ0) is 15.1. The molecule has 0 unspecified atom stereocenters. The summed E-state index contributed by atoms with van der Waals surface area (Å²) in [5.74, 6) is -0.634. The second-order valence-electron chi connectivity index (χ2n) is 5.34. The summed E-state index contributed by atoms with van der Waals surface area (Å²) in [5, 5.41) is 11.5. The Morgan fingerprint density at radius 2 is 2.24 bits per heavy atom. The predicted molar refractivity (Wildman–Crippen MR) is 79.7 cm³/mol. The van der Waals surface area contributed by atoms with Gasteiger partial charge in [0.25, 0.3) is 0 Å². The first-order chi connectivity index (χ1) is 9.99. The van der Waals surface area contributed by atoms with Gasteiger partial charge in [-0.05, 0) is 19.1 Å². The van der Waals surface area contributed by atoms with Crippen molar-refractivity contribution in [2.45, 2.75) is 25.4 Å². The summed E-state index contributed by atoms with van der Waals surface area (Å²) in [4.78, 5) is 28.7. The molecule has 6 nitrogen and oxygen atoms in total. The third kappa shape index (κ3) is 2.49. The number of hydrogen-bond acceptors (Lipinski definition) is 5. The van der Waals surface area contributed by atoms with E-state index < -0.39 is 12.0 Å². The Morgan fingerprint density at radius 1 is 1.52 bits per heavy atom. The Balaban J connectivity index is 1.76. The zero-order valence-electron chi connectivity index (χ0n) is 11.7. The Bertz CT molecular complexity index is 681. The molecular formula is C14H15N3O3S. The average Bonchev–Trinajstić information content (AvgIpc) is 3.16. The fraction of sp³-hybridized carbons (Fsp3) is 0.429. The van der Waals surface area contributed by atoms with Crippen molar-refractivity contribution in [1.82, 2.24) is 9.88 Å². The molecular weight excluding hydrogens is 290 g/mol. The van der Waals surface area contributed by atoms with E-state index in [2.05, 4.69) is 4.98 Å². The van der Waals surface area contributed by atoms with Crippen molar-refractivity contribution < 1.29 is 9.72 Å². The minimum Gasteiger partial charge on any atom is -0.336 e. The molecule has 0 spiro atoms. The smallest absolute Gasteiger partial charge is 0.233 e. The predicted octanol–water partition coefficient (Wildman–Crippen LogP) is 2.48. The number of carbonyl (C=O) groups excluding carboxylic acids is 1. The maximum Gasteiger partial charge on any atom is 0.233 e. The number of para-hydroxylation sites is 1. The molecule has 1 heterocycles. The molecule has 0 aliphatic heterocycles. The van der Waals surface area contributed by atoms with E-state index in [4.69, 9.17) is 0 Å². The van der Waals surface area contributed by atoms with E-state index in [1.165, 1.54) is 0 Å². The van der Waals surface area contributed by atoms with Crippen LogP contribution in [0.2, 0.25) is 0 Å². The number of aromatic nitrogens is 1. The number of rotatable bonds is 4. The van der Waals surface area contributed by atoms with E-state index in [-0.39, 0.29) is 16.9 Å². The van der Waals surface area contributed by atoms with Gasteiger partial charge in [0.1, 0.15) is 10.9 Å². The van der Waals surface area contributed by atoms with Crippen molar-refractivity contribution in [3.05, 3.63) is 39.4 Å². The van der Waals surface area contributed by atoms with Gasteiger partial charge in [0.05, 0.1) is 16.3 Å². The van der Waals surface area contributed by atoms with Crippen molar-refractivity contribution in [2.75, 3.05) is 7.05 Å². The maximum atomic E-state index is 12.2. The van der Waals surface area contributed by atoms with Crippen LogP contribution in [0.25, 0.3) is 10.2 Å². The molecule has 1 fully saturated rings. The molecule has 1 aromatic carbocycles. The van der Waals surface area contributed by atoms with Crippen LogP contribution in [0.1, 0.15) is 24.4 Å². The van der Waals surface area contributed by atoms with E-state index in [0.717, 1.165) is 15.2 Å². The molecule has 110 valence electrons. The van der Waals surface area contributed by atoms with Gasteiger partial charge in [0.2, 0.25) is 11.9 Å². The van der Waals surface area contributed by atoms with Crippen molar-refractivity contribution >= 4 is 27.5 Å². The molecule has 7 heteroatoms. The van der Waals surface area contributed by atoms with Crippen molar-refractivity contribution in [3.63, 3.8) is 0 Å². The largest absolute Gasteiger partial charge is 0.336 e. The van der Waals surface area contributed by atoms with Gasteiger partial charge in [0.15, 0.2) is 0 Å². The van der Waals surface area contributed by atoms with Crippen LogP contribution in [0.5, 0.6) is 0 Å². The molecule has 2 aromatic rings. The summed E-state index contributed by atoms with van der Waals surface area (Å²) in [6, 6.07) is 6.93. The Labute approximate surface area is 125 Å². The first kappa shape index (κ1) is 13.9. The molecule has 1 saturated carbocycles. The summed E-state index contributed by atoms with van der Waals surface area (Å²) in [6.45, 7) is 1.90. The summed E-state index contributed by atoms with van der Waals surface area (Å²) >= 11 is 1.55. The number of thiazole rings is 1. The number of nitro groups is 1. The normalized spacial score (nSPS) is 22.0. The molecule has 1 aromatic heterocycles. The molecule has 3 rings (SSSR count). The Kier molecular flexibility index (Phi) is 3.36. The van der Waals surface area contributed by atoms with Crippen LogP contribution < -0.4 is 0 Å². The molecule has 21 heavy (non-hydrogen) atoms. The van der Waals surface area contributed by atoms with Crippen LogP contribution in [0.15, 0.2) is 24.3 Å². The average molecular weight is 305 g/mol. The highest BCUT2D eigenvalue weighted by molar-refractivity contribution is 7.18. The van der Waals surface area contributed by atoms with E-state index >= 15 is 0 Å². The van der Waals surface area contributed by atoms with Gasteiger partial charge in [-0.15, -0.1) is 11.3 Å². The lowest BCUT2D eigenvalue weighted by Crippen LogP contribution is -2.32. The van der Waals surface area contributed by atoms with Crippen LogP contribution >= 0.6 is 11.3 Å². The molecule has 0 bridgehead atoms. The summed E-state index contributed by atoms with van der Waals surface area (Å²) in [5.41, 5.74) is 0.916. The maximum absolute atomic E-state index is 12.2. The Hall–Kier alpha value is -2.02. The number of carbonyl (C=O) groups is 1. The quantitative estimate of drug-likeness (QED) is 0.642. The van der Waals surface area contributed by atoms with Crippen molar-refractivity contribution in [1.29, 1.82) is 0 Å². The molecule has 0 saturated heterocycles. The number of nitrogens with zero attached hydrogens (tertiary/aromatic N) is 3. The van der Waals surface area contributed by atoms with Gasteiger partial charge in [0, 0.05) is 18.4 Å². The van der Waals surface area contributed by atoms with Gasteiger partial charge in [-0.1, -0.05) is 12.1 Å². The van der Waals surface area contributed by atoms with Crippen LogP contribution in [0, 0.1) is 16.0 Å². The van der Waals surface area contributed by atoms with Gasteiger partial charge in [-0.2, -0.15) is 0 Å². The third-order valence-electron chi connectivity index (χ3n) is 3.94. The second kappa shape index (κ2) is 5.07. The van der Waals surface area contributed by atoms with Gasteiger partial charge in [-0.25, -0.2) is 4.98 Å². The van der Waals surface area contributed by atoms with E-state index in [1.54, 1.807) is 23.3 Å². The number of amides is 1. The standard InChI is InChI=1S/C14H15N3O3S/c1-8(13-15-10-5-3-4-6-12(10)21-13)16(2)14(18)9-7-11(9)17(19)20/h3-6,8-9,11H,7H2,1-2H3/t8-,9-,11-/m1/s1. The van der Waals surface area contributed by atoms with E-state index in [9.17, 15) is 14.9 Å². The minimum absolute atomic E-state index is 0.163. The highest BCUT2D eigenvalue weighted by Gasteiger charge is 2.54. The fourth-order valence-corrected chi connectivity index (χ4v) is 3.43. The molecule has 1 aliphatic rings. The van der Waals surface area contributed by atoms with Crippen LogP contribution in [-0.4, -0.2) is 33.8 Å². The first-order valence-electron chi connectivity index (χ1n) is 6.74. The molecule has 3 atom stereocenters. The summed E-state index contributed by atoms with van der Waals surface area (Å²) in [7, 11) is 1.69. The molecule has 0 radical (unpaired) electrons. The second-order valence-corrected chi connectivity index (χ2v) is 6.40. The third-order valence-corrected chi connectivity index (χ3v) is 5.15. The molecule has 1 aliphatic carbocycles. The van der Waals surface area contributed by atoms with Crippen molar-refractivity contribution in [2.24, 2.45) is 5.92 Å². The lowest BCUT2D eigenvalue weighted by Gasteiger charge is -2.22. The van der Waals surface area contributed by atoms with E-state index in [1.807, 2.05) is 31.2 Å². The lowest BCUT2D eigenvalue weighted by atomic mass is 10.2.